The molecule has 0 unspecified atom stereocenters. The van der Waals surface area contributed by atoms with Gasteiger partial charge in [-0.05, 0) is 42.3 Å². The van der Waals surface area contributed by atoms with Crippen LogP contribution in [0.15, 0.2) is 35.4 Å². The molecule has 0 bridgehead atoms. The second-order valence-corrected chi connectivity index (χ2v) is 5.39. The monoisotopic (exact) mass is 290 g/mol. The smallest absolute Gasteiger partial charge is 0.161 e. The van der Waals surface area contributed by atoms with Gasteiger partial charge in [-0.2, -0.15) is 0 Å². The van der Waals surface area contributed by atoms with E-state index in [4.69, 9.17) is 15.2 Å². The fourth-order valence-electron chi connectivity index (χ4n) is 1.82. The number of ether oxygens (including phenoxy) is 2. The molecule has 0 amide bonds. The predicted molar refractivity (Wildman–Crippen MR) is 82.5 cm³/mol. The summed E-state index contributed by atoms with van der Waals surface area (Å²) in [5.74, 6) is 2.89. The molecular formula is C15H18N2O2S. The van der Waals surface area contributed by atoms with Gasteiger partial charge in [0.15, 0.2) is 11.5 Å². The first kappa shape index (κ1) is 14.5. The van der Waals surface area contributed by atoms with E-state index in [1.165, 1.54) is 11.1 Å². The van der Waals surface area contributed by atoms with Gasteiger partial charge in [0.2, 0.25) is 0 Å². The molecule has 0 saturated heterocycles. The Kier molecular flexibility index (Phi) is 4.74. The lowest BCUT2D eigenvalue weighted by molar-refractivity contribution is 0.354. The van der Waals surface area contributed by atoms with Crippen LogP contribution in [0, 0.1) is 6.92 Å². The predicted octanol–water partition coefficient (Wildman–Crippen LogP) is 3.28. The summed E-state index contributed by atoms with van der Waals surface area (Å²) in [4.78, 5) is 5.18. The highest BCUT2D eigenvalue weighted by atomic mass is 32.2. The first-order valence-electron chi connectivity index (χ1n) is 6.20. The molecule has 0 atom stereocenters. The minimum absolute atomic E-state index is 0.539. The summed E-state index contributed by atoms with van der Waals surface area (Å²) < 4.78 is 10.6. The number of nitrogen functional groups attached to an aromatic ring is 1. The Hall–Kier alpha value is -1.88. The second-order valence-electron chi connectivity index (χ2n) is 4.34. The molecule has 0 saturated carbocycles. The minimum atomic E-state index is 0.539. The topological polar surface area (TPSA) is 57.4 Å². The zero-order valence-corrected chi connectivity index (χ0v) is 12.7. The number of benzene rings is 1. The van der Waals surface area contributed by atoms with Crippen molar-refractivity contribution in [3.8, 4) is 11.5 Å². The van der Waals surface area contributed by atoms with Gasteiger partial charge in [-0.1, -0.05) is 0 Å². The van der Waals surface area contributed by atoms with Gasteiger partial charge in [-0.25, -0.2) is 4.98 Å². The van der Waals surface area contributed by atoms with Gasteiger partial charge in [0.1, 0.15) is 5.82 Å². The SMILES string of the molecule is COc1cc(C)c(CSc2ccc(N)nc2)cc1OC. The van der Waals surface area contributed by atoms with Gasteiger partial charge >= 0.3 is 0 Å². The number of nitrogens with two attached hydrogens (primary N) is 1. The van der Waals surface area contributed by atoms with Gasteiger partial charge in [0.25, 0.3) is 0 Å². The quantitative estimate of drug-likeness (QED) is 0.856. The summed E-state index contributed by atoms with van der Waals surface area (Å²) >= 11 is 1.71. The summed E-state index contributed by atoms with van der Waals surface area (Å²) in [5, 5.41) is 0. The number of rotatable bonds is 5. The molecule has 0 spiro atoms. The van der Waals surface area contributed by atoms with Crippen LogP contribution in [0.1, 0.15) is 11.1 Å². The number of hydrogen-bond acceptors (Lipinski definition) is 5. The number of methoxy groups -OCH3 is 2. The molecule has 5 heteroatoms. The van der Waals surface area contributed by atoms with Crippen molar-refractivity contribution in [2.75, 3.05) is 20.0 Å². The van der Waals surface area contributed by atoms with E-state index >= 15 is 0 Å². The molecule has 1 aromatic carbocycles. The lowest BCUT2D eigenvalue weighted by atomic mass is 10.1. The summed E-state index contributed by atoms with van der Waals surface area (Å²) in [6.07, 6.45) is 1.79. The Morgan fingerprint density at radius 3 is 2.45 bits per heavy atom. The van der Waals surface area contributed by atoms with E-state index in [1.807, 2.05) is 24.3 Å². The van der Waals surface area contributed by atoms with Crippen LogP contribution in [-0.2, 0) is 5.75 Å². The van der Waals surface area contributed by atoms with Crippen molar-refractivity contribution in [1.82, 2.24) is 4.98 Å². The highest BCUT2D eigenvalue weighted by Crippen LogP contribution is 2.33. The Bertz CT molecular complexity index is 585. The molecule has 0 aliphatic heterocycles. The van der Waals surface area contributed by atoms with Crippen molar-refractivity contribution in [1.29, 1.82) is 0 Å². The maximum atomic E-state index is 5.58. The second kappa shape index (κ2) is 6.52. The Morgan fingerprint density at radius 2 is 1.85 bits per heavy atom. The van der Waals surface area contributed by atoms with Crippen LogP contribution in [0.3, 0.4) is 0 Å². The third-order valence-corrected chi connectivity index (χ3v) is 4.03. The Morgan fingerprint density at radius 1 is 1.15 bits per heavy atom. The van der Waals surface area contributed by atoms with Crippen molar-refractivity contribution < 1.29 is 9.47 Å². The van der Waals surface area contributed by atoms with E-state index < -0.39 is 0 Å². The van der Waals surface area contributed by atoms with Crippen molar-refractivity contribution in [3.63, 3.8) is 0 Å². The fraction of sp³-hybridized carbons (Fsp3) is 0.267. The Labute approximate surface area is 123 Å². The molecular weight excluding hydrogens is 272 g/mol. The molecule has 2 aromatic rings. The highest BCUT2D eigenvalue weighted by Gasteiger charge is 2.09. The number of nitrogens with zero attached hydrogens (tertiary/aromatic N) is 1. The minimum Gasteiger partial charge on any atom is -0.493 e. The van der Waals surface area contributed by atoms with E-state index in [0.717, 1.165) is 22.1 Å². The summed E-state index contributed by atoms with van der Waals surface area (Å²) in [6.45, 7) is 2.07. The molecule has 20 heavy (non-hydrogen) atoms. The van der Waals surface area contributed by atoms with Crippen LogP contribution in [-0.4, -0.2) is 19.2 Å². The maximum Gasteiger partial charge on any atom is 0.161 e. The molecule has 1 aromatic heterocycles. The van der Waals surface area contributed by atoms with Crippen molar-refractivity contribution in [2.24, 2.45) is 0 Å². The van der Waals surface area contributed by atoms with Crippen LogP contribution in [0.5, 0.6) is 11.5 Å². The molecule has 106 valence electrons. The van der Waals surface area contributed by atoms with E-state index in [9.17, 15) is 0 Å². The van der Waals surface area contributed by atoms with Crippen LogP contribution >= 0.6 is 11.8 Å². The third kappa shape index (κ3) is 3.36. The van der Waals surface area contributed by atoms with E-state index in [2.05, 4.69) is 11.9 Å². The van der Waals surface area contributed by atoms with Gasteiger partial charge in [0, 0.05) is 16.8 Å². The number of thioether (sulfide) groups is 1. The number of anilines is 1. The molecule has 0 fully saturated rings. The van der Waals surface area contributed by atoms with Crippen LogP contribution in [0.2, 0.25) is 0 Å². The molecule has 2 N–H and O–H groups in total. The maximum absolute atomic E-state index is 5.58. The zero-order valence-electron chi connectivity index (χ0n) is 11.8. The summed E-state index contributed by atoms with van der Waals surface area (Å²) in [6, 6.07) is 7.80. The number of aromatic nitrogens is 1. The molecule has 0 radical (unpaired) electrons. The number of pyridine rings is 1. The fourth-order valence-corrected chi connectivity index (χ4v) is 2.74. The molecule has 4 nitrogen and oxygen atoms in total. The lowest BCUT2D eigenvalue weighted by Gasteiger charge is -2.12. The zero-order chi connectivity index (χ0) is 14.5. The largest absolute Gasteiger partial charge is 0.493 e. The molecule has 0 aliphatic rings. The van der Waals surface area contributed by atoms with Gasteiger partial charge in [-0.15, -0.1) is 11.8 Å². The van der Waals surface area contributed by atoms with E-state index in [-0.39, 0.29) is 0 Å². The lowest BCUT2D eigenvalue weighted by Crippen LogP contribution is -1.95. The van der Waals surface area contributed by atoms with Crippen molar-refractivity contribution in [2.45, 2.75) is 17.6 Å². The van der Waals surface area contributed by atoms with Gasteiger partial charge in [0.05, 0.1) is 14.2 Å². The standard InChI is InChI=1S/C15H18N2O2S/c1-10-6-13(18-2)14(19-3)7-11(10)9-20-12-4-5-15(16)17-8-12/h4-8H,9H2,1-3H3,(H2,16,17). The third-order valence-electron chi connectivity index (χ3n) is 3.00. The average Bonchev–Trinajstić information content (AvgIpc) is 2.47. The van der Waals surface area contributed by atoms with E-state index in [0.29, 0.717) is 5.82 Å². The van der Waals surface area contributed by atoms with Gasteiger partial charge in [-0.3, -0.25) is 0 Å². The van der Waals surface area contributed by atoms with Crippen molar-refractivity contribution in [3.05, 3.63) is 41.6 Å². The first-order valence-corrected chi connectivity index (χ1v) is 7.18. The molecule has 0 aliphatic carbocycles. The summed E-state index contributed by atoms with van der Waals surface area (Å²) in [7, 11) is 3.29. The summed E-state index contributed by atoms with van der Waals surface area (Å²) in [5.41, 5.74) is 7.97. The van der Waals surface area contributed by atoms with Crippen LogP contribution in [0.25, 0.3) is 0 Å². The van der Waals surface area contributed by atoms with E-state index in [1.54, 1.807) is 32.2 Å². The van der Waals surface area contributed by atoms with Crippen LogP contribution < -0.4 is 15.2 Å². The van der Waals surface area contributed by atoms with Crippen molar-refractivity contribution >= 4 is 17.6 Å². The first-order chi connectivity index (χ1) is 9.63. The average molecular weight is 290 g/mol. The molecule has 1 heterocycles. The highest BCUT2D eigenvalue weighted by molar-refractivity contribution is 7.98. The normalized spacial score (nSPS) is 10.3. The molecule has 2 rings (SSSR count). The Balaban J connectivity index is 2.14. The number of aryl methyl sites for hydroxylation is 1. The van der Waals surface area contributed by atoms with Gasteiger partial charge < -0.3 is 15.2 Å². The number of hydrogen-bond donors (Lipinski definition) is 1. The van der Waals surface area contributed by atoms with Crippen LogP contribution in [0.4, 0.5) is 5.82 Å².